The maximum absolute atomic E-state index is 12.2. The molecule has 0 amide bonds. The maximum Gasteiger partial charge on any atom is 0.291 e. The highest BCUT2D eigenvalue weighted by molar-refractivity contribution is 6.54. The molecular weight excluding hydrogens is 1340 g/mol. The Labute approximate surface area is 627 Å². The molecule has 0 aliphatic rings. The molecule has 0 bridgehead atoms. The van der Waals surface area contributed by atoms with Gasteiger partial charge in [0.2, 0.25) is 0 Å². The van der Waals surface area contributed by atoms with Gasteiger partial charge in [-0.05, 0) is 132 Å². The number of aromatic nitrogens is 6. The predicted molar refractivity (Wildman–Crippen MR) is 430 cm³/mol. The van der Waals surface area contributed by atoms with Gasteiger partial charge in [0.1, 0.15) is 46.2 Å². The summed E-state index contributed by atoms with van der Waals surface area (Å²) in [5.74, 6) is 4.57. The Balaban J connectivity index is 1.26. The lowest BCUT2D eigenvalue weighted by Crippen LogP contribution is -2.35. The molecule has 528 valence electrons. The number of halogens is 4. The van der Waals surface area contributed by atoms with E-state index in [0.29, 0.717) is 135 Å². The van der Waals surface area contributed by atoms with Crippen molar-refractivity contribution in [1.82, 2.24) is 28.9 Å². The molecule has 0 saturated heterocycles. The molecule has 10 rings (SSSR count). The summed E-state index contributed by atoms with van der Waals surface area (Å²) in [5.41, 5.74) is 7.53. The standard InChI is InChI=1S/C86H98B2Cl4N8O2/c1-9-13-19-27-57(5)35-37-63(59(7)29-21-15-11-3)55-101-67-43-39-61(40-44-67)83-81-82(86(99(83)87-65-31-23-17-24-32-65)70(52-94)80-54-96-76-48-72(90)74(92)50-78(76)98-80)84(62-41-45-68(46-42-62)102-56-64(60(8)30-22-16-12-4)38-36-58(6)28-20-14-10-2)100(88-66-33-25-18-26-34-66)85(81)69(51-93)79-53-95-75-47-71(89)73(91)49-77(75)97-79/h17-18,23-26,31-34,39-50,53-54,57-60,63-64H,9-16,19-22,27-30,35-38,55-56H2,1-8H3/b85-69-,86-70-. The zero-order valence-corrected chi connectivity index (χ0v) is 64.0. The van der Waals surface area contributed by atoms with Crippen molar-refractivity contribution in [2.45, 2.75) is 184 Å². The fraction of sp³-hybridized carbons (Fsp3) is 0.419. The van der Waals surface area contributed by atoms with Gasteiger partial charge in [0.15, 0.2) is 0 Å². The number of hydrogen-bond donors (Lipinski definition) is 0. The first kappa shape index (κ1) is 77.1. The molecule has 2 radical (unpaired) electrons. The second kappa shape index (κ2) is 38.3. The van der Waals surface area contributed by atoms with Gasteiger partial charge in [-0.25, -0.2) is 9.97 Å². The molecule has 6 unspecified atom stereocenters. The van der Waals surface area contributed by atoms with Crippen LogP contribution in [0.4, 0.5) is 0 Å². The highest BCUT2D eigenvalue weighted by Gasteiger charge is 2.31. The number of nitrogens with zero attached hydrogens (tertiary/aromatic N) is 8. The SMILES string of the molecule is CCCCCC(C)CCC(COc1ccc(-c2c3/c(=C(\C#N)c4cnc5cc(Cl)c(Cl)cc5n4)n([B]c4ccccc4)c(-c4ccc(OCC(CCC(C)CCCCC)C(C)CCCCC)cc4)c3/c(=C(\C#N)c3cnc4cc(Cl)c(Cl)cc4n3)n2[B]c2ccccc2)cc1)C(C)CCCCC. The van der Waals surface area contributed by atoms with E-state index in [9.17, 15) is 10.5 Å². The zero-order chi connectivity index (χ0) is 72.1. The summed E-state index contributed by atoms with van der Waals surface area (Å²) < 4.78 is 18.1. The van der Waals surface area contributed by atoms with Crippen molar-refractivity contribution in [1.29, 1.82) is 10.5 Å². The number of ether oxygens (including phenoxy) is 2. The third kappa shape index (κ3) is 19.6. The molecule has 0 fully saturated rings. The van der Waals surface area contributed by atoms with Crippen LogP contribution in [-0.4, -0.2) is 56.9 Å². The number of rotatable bonds is 38. The summed E-state index contributed by atoms with van der Waals surface area (Å²) in [7, 11) is 4.11. The molecule has 0 spiro atoms. The van der Waals surface area contributed by atoms with Crippen molar-refractivity contribution in [3.63, 3.8) is 0 Å². The average Bonchev–Trinajstić information content (AvgIpc) is 1.53. The summed E-state index contributed by atoms with van der Waals surface area (Å²) in [5, 5.41) is 28.0. The first-order valence-electron chi connectivity index (χ1n) is 37.5. The van der Waals surface area contributed by atoms with E-state index in [1.165, 1.54) is 116 Å². The number of unbranched alkanes of at least 4 members (excludes halogenated alkanes) is 8. The molecule has 102 heavy (non-hydrogen) atoms. The number of nitriles is 2. The molecule has 0 saturated carbocycles. The topological polar surface area (TPSA) is 127 Å². The quantitative estimate of drug-likeness (QED) is 0.0276. The van der Waals surface area contributed by atoms with Crippen LogP contribution in [0.25, 0.3) is 66.5 Å². The molecule has 6 atom stereocenters. The van der Waals surface area contributed by atoms with Crippen LogP contribution in [-0.2, 0) is 0 Å². The summed E-state index contributed by atoms with van der Waals surface area (Å²) in [6.07, 6.45) is 27.4. The van der Waals surface area contributed by atoms with E-state index in [2.05, 4.69) is 140 Å². The highest BCUT2D eigenvalue weighted by atomic mass is 35.5. The number of benzene rings is 6. The van der Waals surface area contributed by atoms with Crippen LogP contribution < -0.4 is 31.1 Å². The van der Waals surface area contributed by atoms with Crippen LogP contribution in [0.3, 0.4) is 0 Å². The largest absolute Gasteiger partial charge is 0.493 e. The molecule has 4 heterocycles. The number of hydrogen-bond acceptors (Lipinski definition) is 8. The van der Waals surface area contributed by atoms with Gasteiger partial charge < -0.3 is 18.4 Å². The minimum Gasteiger partial charge on any atom is -0.493 e. The van der Waals surface area contributed by atoms with E-state index in [-0.39, 0.29) is 11.1 Å². The number of fused-ring (bicyclic) bond motifs is 3. The normalized spacial score (nSPS) is 14.0. The van der Waals surface area contributed by atoms with Crippen molar-refractivity contribution in [2.75, 3.05) is 13.2 Å². The Morgan fingerprint density at radius 3 is 1.12 bits per heavy atom. The minimum atomic E-state index is 0.205. The van der Waals surface area contributed by atoms with Crippen molar-refractivity contribution in [2.24, 2.45) is 35.5 Å². The average molecular weight is 1440 g/mol. The third-order valence-corrected chi connectivity index (χ3v) is 22.1. The summed E-state index contributed by atoms with van der Waals surface area (Å²) in [4.78, 5) is 20.2. The van der Waals surface area contributed by atoms with Crippen molar-refractivity contribution in [3.05, 3.63) is 188 Å². The van der Waals surface area contributed by atoms with Gasteiger partial charge in [-0.2, -0.15) is 10.5 Å². The lowest BCUT2D eigenvalue weighted by atomic mass is 9.81. The molecule has 6 aromatic carbocycles. The van der Waals surface area contributed by atoms with Crippen LogP contribution in [0.5, 0.6) is 11.5 Å². The fourth-order valence-corrected chi connectivity index (χ4v) is 15.0. The minimum absolute atomic E-state index is 0.205. The van der Waals surface area contributed by atoms with Gasteiger partial charge in [-0.1, -0.05) is 289 Å². The first-order valence-corrected chi connectivity index (χ1v) is 39.0. The molecule has 16 heteroatoms. The van der Waals surface area contributed by atoms with Gasteiger partial charge in [0, 0.05) is 22.2 Å². The Hall–Kier alpha value is -7.57. The predicted octanol–water partition coefficient (Wildman–Crippen LogP) is 21.7. The molecule has 0 aliphatic carbocycles. The van der Waals surface area contributed by atoms with Crippen molar-refractivity contribution >= 4 is 116 Å². The Kier molecular flexibility index (Phi) is 28.9. The summed E-state index contributed by atoms with van der Waals surface area (Å²) in [6, 6.07) is 48.8. The Bertz CT molecular complexity index is 4320. The molecular formula is C86H98B2Cl4N8O2. The molecule has 10 nitrogen and oxygen atoms in total. The van der Waals surface area contributed by atoms with Crippen LogP contribution in [0.2, 0.25) is 20.1 Å². The van der Waals surface area contributed by atoms with Crippen LogP contribution in [0, 0.1) is 58.2 Å². The second-order valence-electron chi connectivity index (χ2n) is 28.5. The van der Waals surface area contributed by atoms with Crippen LogP contribution in [0.15, 0.2) is 146 Å². The smallest absolute Gasteiger partial charge is 0.291 e. The fourth-order valence-electron chi connectivity index (χ4n) is 14.4. The van der Waals surface area contributed by atoms with E-state index in [1.807, 2.05) is 60.7 Å². The summed E-state index contributed by atoms with van der Waals surface area (Å²) in [6.45, 7) is 19.9. The highest BCUT2D eigenvalue weighted by Crippen LogP contribution is 2.39. The van der Waals surface area contributed by atoms with E-state index < -0.39 is 0 Å². The van der Waals surface area contributed by atoms with Gasteiger partial charge in [0.05, 0.1) is 78.5 Å². The third-order valence-electron chi connectivity index (χ3n) is 20.7. The van der Waals surface area contributed by atoms with Crippen LogP contribution >= 0.6 is 46.4 Å². The maximum atomic E-state index is 12.2. The first-order chi connectivity index (χ1) is 49.6. The molecule has 4 aromatic heterocycles. The zero-order valence-electron chi connectivity index (χ0n) is 60.9. The second-order valence-corrected chi connectivity index (χ2v) is 30.1. The van der Waals surface area contributed by atoms with Gasteiger partial charge in [-0.3, -0.25) is 9.97 Å². The lowest BCUT2D eigenvalue weighted by molar-refractivity contribution is 0.175. The van der Waals surface area contributed by atoms with E-state index >= 15 is 0 Å². The van der Waals surface area contributed by atoms with Gasteiger partial charge in [0.25, 0.3) is 14.8 Å². The van der Waals surface area contributed by atoms with Gasteiger partial charge >= 0.3 is 0 Å². The monoisotopic (exact) mass is 1440 g/mol. The Morgan fingerprint density at radius 1 is 0.431 bits per heavy atom. The van der Waals surface area contributed by atoms with Gasteiger partial charge in [-0.15, -0.1) is 0 Å². The van der Waals surface area contributed by atoms with E-state index in [4.69, 9.17) is 75.8 Å². The molecule has 0 N–H and O–H groups in total. The molecule has 10 aromatic rings. The van der Waals surface area contributed by atoms with E-state index in [0.717, 1.165) is 46.4 Å². The van der Waals surface area contributed by atoms with Crippen molar-refractivity contribution < 1.29 is 9.47 Å². The molecule has 0 aliphatic heterocycles. The van der Waals surface area contributed by atoms with Crippen molar-refractivity contribution in [3.8, 4) is 46.2 Å². The van der Waals surface area contributed by atoms with Crippen LogP contribution in [0.1, 0.15) is 195 Å². The Morgan fingerprint density at radius 2 is 0.775 bits per heavy atom. The van der Waals surface area contributed by atoms with E-state index in [1.54, 1.807) is 36.7 Å². The lowest BCUT2D eigenvalue weighted by Gasteiger charge is -2.26. The summed E-state index contributed by atoms with van der Waals surface area (Å²) >= 11 is 26.7.